The van der Waals surface area contributed by atoms with Gasteiger partial charge in [0.15, 0.2) is 5.54 Å². The lowest BCUT2D eigenvalue weighted by atomic mass is 9.83. The summed E-state index contributed by atoms with van der Waals surface area (Å²) in [6.07, 6.45) is 0.183. The van der Waals surface area contributed by atoms with Crippen LogP contribution < -0.4 is 5.32 Å². The van der Waals surface area contributed by atoms with E-state index in [1.54, 1.807) is 43.3 Å². The van der Waals surface area contributed by atoms with Crippen LogP contribution in [0.1, 0.15) is 65.0 Å². The van der Waals surface area contributed by atoms with E-state index in [1.807, 2.05) is 6.07 Å². The molecule has 1 aliphatic rings. The zero-order chi connectivity index (χ0) is 18.2. The number of hydrogen-bond donors (Lipinski definition) is 1. The highest BCUT2D eigenvalue weighted by Gasteiger charge is 2.55. The fraction of sp³-hybridized carbons (Fsp3) is 0.286. The normalized spacial score (nSPS) is 15.4. The van der Waals surface area contributed by atoms with Crippen LogP contribution in [0.15, 0.2) is 42.5 Å². The lowest BCUT2D eigenvalue weighted by Crippen LogP contribution is -2.54. The standard InChI is InChI=1S/C21H20NO3/c1-4-18(23)22-21(15-11-9-14(10-12-15)13(2)3)19(24)16-7-5-6-8-17(16)20(21)25/h5-11,13H,4H2,1-3H3,(H,22,23). The summed E-state index contributed by atoms with van der Waals surface area (Å²) < 4.78 is 0. The van der Waals surface area contributed by atoms with Gasteiger partial charge in [-0.25, -0.2) is 0 Å². The first-order valence-corrected chi connectivity index (χ1v) is 8.43. The molecule has 1 N–H and O–H groups in total. The van der Waals surface area contributed by atoms with Crippen molar-refractivity contribution in [2.24, 2.45) is 0 Å². The van der Waals surface area contributed by atoms with Gasteiger partial charge in [-0.05, 0) is 17.5 Å². The molecule has 1 aliphatic carbocycles. The molecule has 0 aromatic heterocycles. The number of hydrogen-bond acceptors (Lipinski definition) is 3. The molecule has 0 atom stereocenters. The minimum atomic E-state index is -1.72. The molecule has 1 amide bonds. The molecule has 0 fully saturated rings. The Morgan fingerprint density at radius 3 is 2.12 bits per heavy atom. The maximum absolute atomic E-state index is 13.1. The van der Waals surface area contributed by atoms with E-state index < -0.39 is 17.1 Å². The average Bonchev–Trinajstić information content (AvgIpc) is 2.84. The molecule has 0 aliphatic heterocycles. The first-order chi connectivity index (χ1) is 11.9. The molecule has 0 unspecified atom stereocenters. The van der Waals surface area contributed by atoms with Gasteiger partial charge in [0.25, 0.3) is 0 Å². The molecule has 4 nitrogen and oxygen atoms in total. The monoisotopic (exact) mass is 334 g/mol. The van der Waals surface area contributed by atoms with Gasteiger partial charge in [-0.2, -0.15) is 0 Å². The van der Waals surface area contributed by atoms with Crippen molar-refractivity contribution in [1.29, 1.82) is 0 Å². The van der Waals surface area contributed by atoms with Crippen molar-refractivity contribution in [2.45, 2.75) is 38.6 Å². The van der Waals surface area contributed by atoms with Gasteiger partial charge in [0, 0.05) is 23.1 Å². The van der Waals surface area contributed by atoms with Crippen molar-refractivity contribution in [3.63, 3.8) is 0 Å². The van der Waals surface area contributed by atoms with Crippen LogP contribution in [0.3, 0.4) is 0 Å². The first kappa shape index (κ1) is 17.1. The van der Waals surface area contributed by atoms with E-state index in [1.165, 1.54) is 0 Å². The highest BCUT2D eigenvalue weighted by Crippen LogP contribution is 2.38. The van der Waals surface area contributed by atoms with E-state index in [-0.39, 0.29) is 12.3 Å². The zero-order valence-corrected chi connectivity index (χ0v) is 14.6. The lowest BCUT2D eigenvalue weighted by molar-refractivity contribution is -0.122. The minimum Gasteiger partial charge on any atom is -0.333 e. The highest BCUT2D eigenvalue weighted by molar-refractivity contribution is 6.33. The summed E-state index contributed by atoms with van der Waals surface area (Å²) in [5.74, 6) is -0.846. The molecule has 25 heavy (non-hydrogen) atoms. The van der Waals surface area contributed by atoms with Crippen LogP contribution >= 0.6 is 0 Å². The van der Waals surface area contributed by atoms with Crippen LogP contribution in [-0.2, 0) is 10.3 Å². The molecule has 0 bridgehead atoms. The van der Waals surface area contributed by atoms with E-state index >= 15 is 0 Å². The molecule has 3 rings (SSSR count). The Labute approximate surface area is 147 Å². The summed E-state index contributed by atoms with van der Waals surface area (Å²) in [7, 11) is 0. The van der Waals surface area contributed by atoms with Gasteiger partial charge in [0.05, 0.1) is 0 Å². The van der Waals surface area contributed by atoms with Crippen molar-refractivity contribution >= 4 is 17.5 Å². The Morgan fingerprint density at radius 2 is 1.68 bits per heavy atom. The van der Waals surface area contributed by atoms with Gasteiger partial charge < -0.3 is 5.32 Å². The van der Waals surface area contributed by atoms with E-state index in [2.05, 4.69) is 25.2 Å². The van der Waals surface area contributed by atoms with Crippen LogP contribution in [0.4, 0.5) is 0 Å². The second kappa shape index (κ2) is 6.28. The Morgan fingerprint density at radius 1 is 1.08 bits per heavy atom. The lowest BCUT2D eigenvalue weighted by Gasteiger charge is -2.27. The third kappa shape index (κ3) is 2.58. The van der Waals surface area contributed by atoms with Crippen molar-refractivity contribution in [3.05, 3.63) is 70.8 Å². The first-order valence-electron chi connectivity index (χ1n) is 8.43. The van der Waals surface area contributed by atoms with E-state index in [0.717, 1.165) is 5.56 Å². The van der Waals surface area contributed by atoms with Crippen LogP contribution in [0.25, 0.3) is 0 Å². The maximum atomic E-state index is 13.1. The molecular weight excluding hydrogens is 314 g/mol. The third-order valence-electron chi connectivity index (χ3n) is 4.65. The van der Waals surface area contributed by atoms with Gasteiger partial charge in [-0.3, -0.25) is 14.4 Å². The van der Waals surface area contributed by atoms with Crippen molar-refractivity contribution in [3.8, 4) is 0 Å². The second-order valence-corrected chi connectivity index (χ2v) is 6.55. The summed E-state index contributed by atoms with van der Waals surface area (Å²) >= 11 is 0. The number of nitrogens with one attached hydrogen (secondary N) is 1. The predicted octanol–water partition coefficient (Wildman–Crippen LogP) is 3.41. The van der Waals surface area contributed by atoms with Crippen LogP contribution in [0.5, 0.6) is 0 Å². The van der Waals surface area contributed by atoms with Gasteiger partial charge in [0.2, 0.25) is 17.5 Å². The minimum absolute atomic E-state index is 0.183. The number of carbonyl (C=O) groups excluding carboxylic acids is 3. The zero-order valence-electron chi connectivity index (χ0n) is 14.6. The Balaban J connectivity index is 2.17. The summed E-state index contributed by atoms with van der Waals surface area (Å²) in [6.45, 7) is 5.80. The van der Waals surface area contributed by atoms with Crippen LogP contribution in [-0.4, -0.2) is 17.5 Å². The summed E-state index contributed by atoms with van der Waals surface area (Å²) in [5.41, 5.74) is 0.392. The molecule has 2 aromatic carbocycles. The molecule has 1 radical (unpaired) electrons. The third-order valence-corrected chi connectivity index (χ3v) is 4.65. The SMILES string of the molecule is CCC(=O)NC1(c2[c]cc(C(C)C)cc2)C(=O)c2ccccc2C1=O. The Hall–Kier alpha value is -2.75. The van der Waals surface area contributed by atoms with E-state index in [0.29, 0.717) is 22.6 Å². The number of amides is 1. The van der Waals surface area contributed by atoms with E-state index in [9.17, 15) is 14.4 Å². The largest absolute Gasteiger partial charge is 0.333 e. The van der Waals surface area contributed by atoms with Gasteiger partial charge in [-0.15, -0.1) is 0 Å². The predicted molar refractivity (Wildman–Crippen MR) is 94.6 cm³/mol. The van der Waals surface area contributed by atoms with Crippen molar-refractivity contribution < 1.29 is 14.4 Å². The number of ketones is 2. The number of benzene rings is 2. The average molecular weight is 334 g/mol. The quantitative estimate of drug-likeness (QED) is 0.872. The van der Waals surface area contributed by atoms with E-state index in [4.69, 9.17) is 0 Å². The van der Waals surface area contributed by atoms with Gasteiger partial charge >= 0.3 is 0 Å². The van der Waals surface area contributed by atoms with Gasteiger partial charge in [-0.1, -0.05) is 63.2 Å². The maximum Gasteiger partial charge on any atom is 0.221 e. The Kier molecular flexibility index (Phi) is 4.29. The second-order valence-electron chi connectivity index (χ2n) is 6.55. The number of rotatable bonds is 4. The summed E-state index contributed by atoms with van der Waals surface area (Å²) in [4.78, 5) is 38.4. The fourth-order valence-corrected chi connectivity index (χ4v) is 3.14. The topological polar surface area (TPSA) is 63.2 Å². The van der Waals surface area contributed by atoms with Crippen molar-refractivity contribution in [1.82, 2.24) is 5.32 Å². The summed E-state index contributed by atoms with van der Waals surface area (Å²) in [6, 6.07) is 15.1. The Bertz CT molecular complexity index is 815. The molecule has 0 spiro atoms. The molecule has 4 heteroatoms. The molecule has 0 saturated carbocycles. The molecule has 127 valence electrons. The smallest absolute Gasteiger partial charge is 0.221 e. The van der Waals surface area contributed by atoms with Crippen LogP contribution in [0, 0.1) is 6.07 Å². The molecule has 2 aromatic rings. The number of Topliss-reactive ketones (excluding diaryl/α,β-unsaturated/α-hetero) is 2. The number of carbonyl (C=O) groups is 3. The molecule has 0 heterocycles. The molecular formula is C21H20NO3. The van der Waals surface area contributed by atoms with Gasteiger partial charge in [0.1, 0.15) is 0 Å². The highest BCUT2D eigenvalue weighted by atomic mass is 16.2. The number of fused-ring (bicyclic) bond motifs is 1. The fourth-order valence-electron chi connectivity index (χ4n) is 3.14. The van der Waals surface area contributed by atoms with Crippen molar-refractivity contribution in [2.75, 3.05) is 0 Å². The van der Waals surface area contributed by atoms with Crippen LogP contribution in [0.2, 0.25) is 0 Å². The summed E-state index contributed by atoms with van der Waals surface area (Å²) in [5, 5.41) is 2.68. The molecule has 0 saturated heterocycles.